The molecule has 1 aliphatic heterocycles. The van der Waals surface area contributed by atoms with Gasteiger partial charge >= 0.3 is 0 Å². The third-order valence-electron chi connectivity index (χ3n) is 5.65. The summed E-state index contributed by atoms with van der Waals surface area (Å²) in [6.07, 6.45) is 7.30. The summed E-state index contributed by atoms with van der Waals surface area (Å²) in [5, 5.41) is 6.50. The van der Waals surface area contributed by atoms with E-state index in [0.29, 0.717) is 19.0 Å². The topological polar surface area (TPSA) is 73.8 Å². The Morgan fingerprint density at radius 1 is 1.24 bits per heavy atom. The van der Waals surface area contributed by atoms with E-state index in [1.54, 1.807) is 18.8 Å². The van der Waals surface area contributed by atoms with Crippen molar-refractivity contribution in [1.29, 1.82) is 0 Å². The molecule has 2 fully saturated rings. The number of imide groups is 1. The molecule has 3 aliphatic rings. The third kappa shape index (κ3) is 3.43. The van der Waals surface area contributed by atoms with E-state index in [9.17, 15) is 9.59 Å². The molecular formula is C18H28N4O2S. The van der Waals surface area contributed by atoms with Gasteiger partial charge in [-0.3, -0.25) is 19.5 Å². The third-order valence-corrected chi connectivity index (χ3v) is 6.90. The smallest absolute Gasteiger partial charge is 0.233 e. The fraction of sp³-hybridized carbons (Fsp3) is 0.722. The van der Waals surface area contributed by atoms with Gasteiger partial charge in [0, 0.05) is 31.4 Å². The van der Waals surface area contributed by atoms with Gasteiger partial charge in [-0.15, -0.1) is 0 Å². The highest BCUT2D eigenvalue weighted by Gasteiger charge is 2.58. The molecule has 4 atom stereocenters. The Hall–Kier alpha value is -1.50. The van der Waals surface area contributed by atoms with E-state index < -0.39 is 0 Å². The van der Waals surface area contributed by atoms with Crippen LogP contribution in [-0.4, -0.2) is 60.4 Å². The molecule has 0 aromatic carbocycles. The van der Waals surface area contributed by atoms with Gasteiger partial charge in [0.1, 0.15) is 0 Å². The number of hydrogen-bond acceptors (Lipinski definition) is 4. The van der Waals surface area contributed by atoms with E-state index in [1.165, 1.54) is 4.90 Å². The number of allylic oxidation sites excluding steroid dienone is 2. The Bertz CT molecular complexity index is 586. The normalized spacial score (nSPS) is 31.0. The zero-order valence-corrected chi connectivity index (χ0v) is 16.2. The first-order valence-electron chi connectivity index (χ1n) is 8.91. The lowest BCUT2D eigenvalue weighted by Crippen LogP contribution is -2.46. The number of aliphatic imine (C=N–C) groups is 1. The number of likely N-dealkylation sites (tertiary alicyclic amines) is 1. The molecule has 1 heterocycles. The van der Waals surface area contributed by atoms with Gasteiger partial charge in [0.25, 0.3) is 0 Å². The Morgan fingerprint density at radius 3 is 2.36 bits per heavy atom. The summed E-state index contributed by atoms with van der Waals surface area (Å²) in [5.41, 5.74) is 0. The molecule has 1 saturated heterocycles. The van der Waals surface area contributed by atoms with Crippen LogP contribution in [0.5, 0.6) is 0 Å². The lowest BCUT2D eigenvalue weighted by Gasteiger charge is -2.24. The van der Waals surface area contributed by atoms with E-state index in [4.69, 9.17) is 0 Å². The molecule has 0 radical (unpaired) electrons. The number of hydrogen-bond donors (Lipinski definition) is 2. The number of fused-ring (bicyclic) bond motifs is 5. The van der Waals surface area contributed by atoms with E-state index in [0.717, 1.165) is 13.0 Å². The van der Waals surface area contributed by atoms with Crippen LogP contribution in [0.3, 0.4) is 0 Å². The molecule has 0 spiro atoms. The molecule has 2 aliphatic carbocycles. The van der Waals surface area contributed by atoms with Crippen molar-refractivity contribution in [3.63, 3.8) is 0 Å². The summed E-state index contributed by atoms with van der Waals surface area (Å²) in [7, 11) is 1.72. The molecule has 25 heavy (non-hydrogen) atoms. The first-order chi connectivity index (χ1) is 11.9. The molecule has 6 nitrogen and oxygen atoms in total. The summed E-state index contributed by atoms with van der Waals surface area (Å²) in [4.78, 5) is 30.9. The highest BCUT2D eigenvalue weighted by atomic mass is 32.2. The van der Waals surface area contributed by atoms with Gasteiger partial charge in [-0.2, -0.15) is 11.8 Å². The maximum atomic E-state index is 12.6. The Labute approximate surface area is 153 Å². The van der Waals surface area contributed by atoms with E-state index in [-0.39, 0.29) is 40.2 Å². The minimum absolute atomic E-state index is 0.0140. The number of rotatable bonds is 6. The van der Waals surface area contributed by atoms with Crippen molar-refractivity contribution in [1.82, 2.24) is 15.5 Å². The van der Waals surface area contributed by atoms with E-state index in [1.807, 2.05) is 0 Å². The largest absolute Gasteiger partial charge is 0.355 e. The molecule has 138 valence electrons. The van der Waals surface area contributed by atoms with Crippen LogP contribution in [0.15, 0.2) is 17.1 Å². The van der Waals surface area contributed by atoms with Crippen LogP contribution >= 0.6 is 11.8 Å². The van der Waals surface area contributed by atoms with Crippen LogP contribution in [-0.2, 0) is 9.59 Å². The average molecular weight is 365 g/mol. The fourth-order valence-electron chi connectivity index (χ4n) is 4.06. The number of nitrogens with zero attached hydrogens (tertiary/aromatic N) is 2. The number of carbonyl (C=O) groups is 2. The maximum Gasteiger partial charge on any atom is 0.233 e. The van der Waals surface area contributed by atoms with Crippen LogP contribution in [0.2, 0.25) is 0 Å². The van der Waals surface area contributed by atoms with Gasteiger partial charge in [0.15, 0.2) is 5.96 Å². The van der Waals surface area contributed by atoms with Crippen molar-refractivity contribution in [2.24, 2.45) is 28.7 Å². The molecule has 2 N–H and O–H groups in total. The monoisotopic (exact) mass is 364 g/mol. The minimum atomic E-state index is -0.109. The summed E-state index contributed by atoms with van der Waals surface area (Å²) in [6.45, 7) is 6.03. The zero-order chi connectivity index (χ0) is 18.2. The molecule has 2 bridgehead atoms. The van der Waals surface area contributed by atoms with Gasteiger partial charge < -0.3 is 10.6 Å². The summed E-state index contributed by atoms with van der Waals surface area (Å²) in [6, 6.07) is 0. The molecule has 0 aromatic heterocycles. The first-order valence-corrected chi connectivity index (χ1v) is 10.1. The Kier molecular flexibility index (Phi) is 5.14. The molecule has 7 heteroatoms. The minimum Gasteiger partial charge on any atom is -0.355 e. The number of carbonyl (C=O) groups excluding carboxylic acids is 2. The SMILES string of the molecule is CN=C(NCCN1C(=O)C2C3C=CC(C3)C2C1=O)NCC(C)(C)SC. The van der Waals surface area contributed by atoms with Gasteiger partial charge in [-0.1, -0.05) is 12.2 Å². The molecule has 3 rings (SSSR count). The maximum absolute atomic E-state index is 12.6. The zero-order valence-electron chi connectivity index (χ0n) is 15.4. The number of nitrogens with one attached hydrogen (secondary N) is 2. The number of amides is 2. The van der Waals surface area contributed by atoms with Crippen molar-refractivity contribution in [3.8, 4) is 0 Å². The van der Waals surface area contributed by atoms with Crippen molar-refractivity contribution in [2.45, 2.75) is 25.0 Å². The first kappa shape index (κ1) is 18.3. The van der Waals surface area contributed by atoms with Gasteiger partial charge in [-0.05, 0) is 38.4 Å². The van der Waals surface area contributed by atoms with E-state index >= 15 is 0 Å². The van der Waals surface area contributed by atoms with Crippen molar-refractivity contribution < 1.29 is 9.59 Å². The fourth-order valence-corrected chi connectivity index (χ4v) is 4.28. The van der Waals surface area contributed by atoms with Crippen LogP contribution in [0, 0.1) is 23.7 Å². The van der Waals surface area contributed by atoms with Crippen LogP contribution in [0.1, 0.15) is 20.3 Å². The molecule has 1 saturated carbocycles. The van der Waals surface area contributed by atoms with Gasteiger partial charge in [-0.25, -0.2) is 0 Å². The number of guanidine groups is 1. The predicted molar refractivity (Wildman–Crippen MR) is 101 cm³/mol. The van der Waals surface area contributed by atoms with Gasteiger partial charge in [0.2, 0.25) is 11.8 Å². The standard InChI is InChI=1S/C18H28N4O2S/c1-18(2,25-4)10-21-17(19-3)20-7-8-22-15(23)13-11-5-6-12(9-11)14(13)16(22)24/h5-6,11-14H,7-10H2,1-4H3,(H2,19,20,21). The number of thioether (sulfide) groups is 1. The Balaban J connectivity index is 1.49. The second-order valence-corrected chi connectivity index (χ2v) is 9.16. The lowest BCUT2D eigenvalue weighted by atomic mass is 9.85. The second-order valence-electron chi connectivity index (χ2n) is 7.64. The van der Waals surface area contributed by atoms with Gasteiger partial charge in [0.05, 0.1) is 11.8 Å². The highest BCUT2D eigenvalue weighted by Crippen LogP contribution is 2.52. The lowest BCUT2D eigenvalue weighted by molar-refractivity contribution is -0.140. The van der Waals surface area contributed by atoms with Crippen LogP contribution in [0.25, 0.3) is 0 Å². The summed E-state index contributed by atoms with van der Waals surface area (Å²) in [5.74, 6) is 1.05. The van der Waals surface area contributed by atoms with Crippen LogP contribution in [0.4, 0.5) is 0 Å². The van der Waals surface area contributed by atoms with Crippen LogP contribution < -0.4 is 10.6 Å². The molecule has 2 amide bonds. The molecular weight excluding hydrogens is 336 g/mol. The highest BCUT2D eigenvalue weighted by molar-refractivity contribution is 7.99. The molecule has 4 unspecified atom stereocenters. The Morgan fingerprint density at radius 2 is 1.84 bits per heavy atom. The summed E-state index contributed by atoms with van der Waals surface area (Å²) < 4.78 is 0.113. The average Bonchev–Trinajstić information content (AvgIpc) is 3.27. The predicted octanol–water partition coefficient (Wildman–Crippen LogP) is 1.10. The quantitative estimate of drug-likeness (QED) is 0.320. The van der Waals surface area contributed by atoms with Crippen molar-refractivity contribution in [3.05, 3.63) is 12.2 Å². The second kappa shape index (κ2) is 7.02. The molecule has 0 aromatic rings. The summed E-state index contributed by atoms with van der Waals surface area (Å²) >= 11 is 1.79. The van der Waals surface area contributed by atoms with Crippen molar-refractivity contribution in [2.75, 3.05) is 32.9 Å². The van der Waals surface area contributed by atoms with E-state index in [2.05, 4.69) is 47.9 Å². The van der Waals surface area contributed by atoms with Crippen molar-refractivity contribution >= 4 is 29.5 Å².